The van der Waals surface area contributed by atoms with Gasteiger partial charge in [0, 0.05) is 14.5 Å². The predicted octanol–water partition coefficient (Wildman–Crippen LogP) is 4.80. The number of rotatable bonds is 3. The van der Waals surface area contributed by atoms with Crippen LogP contribution in [0.4, 0.5) is 0 Å². The summed E-state index contributed by atoms with van der Waals surface area (Å²) in [5.74, 6) is 0.497. The van der Waals surface area contributed by atoms with Gasteiger partial charge in [0.05, 0.1) is 6.07 Å². The third-order valence-corrected chi connectivity index (χ3v) is 5.14. The Morgan fingerprint density at radius 2 is 1.90 bits per heavy atom. The van der Waals surface area contributed by atoms with Gasteiger partial charge in [-0.1, -0.05) is 45.2 Å². The molecule has 1 aromatic carbocycles. The van der Waals surface area contributed by atoms with Crippen LogP contribution in [0.2, 0.25) is 0 Å². The summed E-state index contributed by atoms with van der Waals surface area (Å²) < 4.78 is 1.67. The molecule has 5 heteroatoms. The number of halogens is 2. The van der Waals surface area contributed by atoms with E-state index in [4.69, 9.17) is 0 Å². The van der Waals surface area contributed by atoms with E-state index in [0.29, 0.717) is 11.5 Å². The van der Waals surface area contributed by atoms with Crippen molar-refractivity contribution in [2.45, 2.75) is 44.6 Å². The highest BCUT2D eigenvalue weighted by molar-refractivity contribution is 9.11. The number of carbonyl (C=O) groups is 1. The number of hydrogen-bond donors (Lipinski definition) is 1. The zero-order valence-electron chi connectivity index (χ0n) is 12.0. The fraction of sp³-hybridized carbons (Fsp3) is 0.500. The zero-order chi connectivity index (χ0) is 15.5. The van der Waals surface area contributed by atoms with Crippen LogP contribution in [0.15, 0.2) is 27.1 Å². The van der Waals surface area contributed by atoms with Gasteiger partial charge in [-0.2, -0.15) is 5.26 Å². The first-order chi connectivity index (χ1) is 9.98. The number of hydrogen-bond acceptors (Lipinski definition) is 2. The lowest BCUT2D eigenvalue weighted by Crippen LogP contribution is -2.49. The molecule has 0 radical (unpaired) electrons. The van der Waals surface area contributed by atoms with Gasteiger partial charge in [0.15, 0.2) is 0 Å². The summed E-state index contributed by atoms with van der Waals surface area (Å²) in [6, 6.07) is 7.75. The highest BCUT2D eigenvalue weighted by Crippen LogP contribution is 2.33. The Morgan fingerprint density at radius 1 is 1.33 bits per heavy atom. The minimum Gasteiger partial charge on any atom is -0.334 e. The van der Waals surface area contributed by atoms with Crippen molar-refractivity contribution in [3.63, 3.8) is 0 Å². The number of nitrogens with one attached hydrogen (secondary N) is 1. The molecular weight excluding hydrogens is 396 g/mol. The van der Waals surface area contributed by atoms with Crippen LogP contribution in [0.1, 0.15) is 49.4 Å². The van der Waals surface area contributed by atoms with Gasteiger partial charge in [0.25, 0.3) is 5.91 Å². The Bertz CT molecular complexity index is 552. The highest BCUT2D eigenvalue weighted by atomic mass is 79.9. The van der Waals surface area contributed by atoms with E-state index in [1.165, 1.54) is 0 Å². The monoisotopic (exact) mass is 412 g/mol. The van der Waals surface area contributed by atoms with Gasteiger partial charge >= 0.3 is 0 Å². The largest absolute Gasteiger partial charge is 0.334 e. The van der Waals surface area contributed by atoms with Gasteiger partial charge in [0.1, 0.15) is 5.54 Å². The number of nitriles is 1. The van der Waals surface area contributed by atoms with E-state index in [9.17, 15) is 10.1 Å². The van der Waals surface area contributed by atoms with Crippen LogP contribution < -0.4 is 5.32 Å². The van der Waals surface area contributed by atoms with E-state index in [2.05, 4.69) is 50.2 Å². The van der Waals surface area contributed by atoms with Gasteiger partial charge in [-0.05, 0) is 49.8 Å². The zero-order valence-corrected chi connectivity index (χ0v) is 15.1. The molecule has 1 amide bonds. The molecule has 1 fully saturated rings. The minimum absolute atomic E-state index is 0.187. The Hall–Kier alpha value is -0.860. The molecule has 0 atom stereocenters. The summed E-state index contributed by atoms with van der Waals surface area (Å²) >= 11 is 6.76. The Labute approximate surface area is 142 Å². The van der Waals surface area contributed by atoms with E-state index in [1.807, 2.05) is 6.07 Å². The Kier molecular flexibility index (Phi) is 5.45. The van der Waals surface area contributed by atoms with Gasteiger partial charge < -0.3 is 5.32 Å². The van der Waals surface area contributed by atoms with Crippen LogP contribution in [0.25, 0.3) is 0 Å². The van der Waals surface area contributed by atoms with Crippen molar-refractivity contribution in [1.82, 2.24) is 5.32 Å². The van der Waals surface area contributed by atoms with E-state index < -0.39 is 5.54 Å². The third-order valence-electron chi connectivity index (χ3n) is 4.23. The molecule has 2 rings (SSSR count). The third kappa shape index (κ3) is 4.08. The van der Waals surface area contributed by atoms with Gasteiger partial charge in [-0.3, -0.25) is 4.79 Å². The molecule has 1 aliphatic carbocycles. The molecule has 1 aliphatic rings. The lowest BCUT2D eigenvalue weighted by Gasteiger charge is -2.35. The number of benzene rings is 1. The normalized spacial score (nSPS) is 25.1. The van der Waals surface area contributed by atoms with Gasteiger partial charge in [-0.25, -0.2) is 0 Å². The molecule has 0 aliphatic heterocycles. The Balaban J connectivity index is 2.12. The maximum Gasteiger partial charge on any atom is 0.252 e. The molecule has 1 N–H and O–H groups in total. The molecule has 0 heterocycles. The molecule has 1 saturated carbocycles. The molecule has 112 valence electrons. The summed E-state index contributed by atoms with van der Waals surface area (Å²) in [7, 11) is 0. The Morgan fingerprint density at radius 3 is 2.38 bits per heavy atom. The van der Waals surface area contributed by atoms with E-state index in [1.54, 1.807) is 12.1 Å². The molecule has 0 saturated heterocycles. The lowest BCUT2D eigenvalue weighted by molar-refractivity contribution is 0.0891. The molecule has 21 heavy (non-hydrogen) atoms. The molecule has 0 aromatic heterocycles. The quantitative estimate of drug-likeness (QED) is 0.773. The summed E-state index contributed by atoms with van der Waals surface area (Å²) in [5.41, 5.74) is -0.152. The van der Waals surface area contributed by atoms with Crippen LogP contribution in [0.5, 0.6) is 0 Å². The van der Waals surface area contributed by atoms with Crippen molar-refractivity contribution in [2.24, 2.45) is 5.92 Å². The lowest BCUT2D eigenvalue weighted by atomic mass is 9.76. The van der Waals surface area contributed by atoms with Gasteiger partial charge in [0.2, 0.25) is 0 Å². The van der Waals surface area contributed by atoms with Crippen molar-refractivity contribution in [3.8, 4) is 6.07 Å². The first-order valence-corrected chi connectivity index (χ1v) is 8.76. The minimum atomic E-state index is -0.711. The van der Waals surface area contributed by atoms with E-state index >= 15 is 0 Å². The van der Waals surface area contributed by atoms with Crippen molar-refractivity contribution in [1.29, 1.82) is 5.26 Å². The second-order valence-electron chi connectivity index (χ2n) is 5.66. The topological polar surface area (TPSA) is 52.9 Å². The van der Waals surface area contributed by atoms with E-state index in [-0.39, 0.29) is 5.91 Å². The molecular formula is C16H18Br2N2O. The van der Waals surface area contributed by atoms with Crippen LogP contribution in [0, 0.1) is 17.2 Å². The number of amides is 1. The average molecular weight is 414 g/mol. The summed E-state index contributed by atoms with van der Waals surface area (Å²) in [6.07, 6.45) is 4.64. The van der Waals surface area contributed by atoms with Crippen molar-refractivity contribution in [2.75, 3.05) is 0 Å². The van der Waals surface area contributed by atoms with Crippen LogP contribution in [-0.4, -0.2) is 11.4 Å². The van der Waals surface area contributed by atoms with Crippen molar-refractivity contribution in [3.05, 3.63) is 32.7 Å². The standard InChI is InChI=1S/C16H18Br2N2O/c1-2-11-3-5-16(10-19,6-4-11)20-15(21)12-7-13(17)9-14(18)8-12/h7-9,11H,2-6H2,1H3,(H,20,21). The van der Waals surface area contributed by atoms with Crippen LogP contribution >= 0.6 is 31.9 Å². The first-order valence-electron chi connectivity index (χ1n) is 7.18. The van der Waals surface area contributed by atoms with Crippen LogP contribution in [-0.2, 0) is 0 Å². The maximum atomic E-state index is 12.4. The molecule has 0 spiro atoms. The second kappa shape index (κ2) is 6.93. The van der Waals surface area contributed by atoms with Crippen molar-refractivity contribution >= 4 is 37.8 Å². The predicted molar refractivity (Wildman–Crippen MR) is 89.9 cm³/mol. The smallest absolute Gasteiger partial charge is 0.252 e. The van der Waals surface area contributed by atoms with Crippen LogP contribution in [0.3, 0.4) is 0 Å². The molecule has 3 nitrogen and oxygen atoms in total. The molecule has 0 unspecified atom stereocenters. The summed E-state index contributed by atoms with van der Waals surface area (Å²) in [6.45, 7) is 2.18. The average Bonchev–Trinajstić information content (AvgIpc) is 2.47. The summed E-state index contributed by atoms with van der Waals surface area (Å²) in [4.78, 5) is 12.4. The van der Waals surface area contributed by atoms with Gasteiger partial charge in [-0.15, -0.1) is 0 Å². The number of nitrogens with zero attached hydrogens (tertiary/aromatic N) is 1. The maximum absolute atomic E-state index is 12.4. The summed E-state index contributed by atoms with van der Waals surface area (Å²) in [5, 5.41) is 12.5. The highest BCUT2D eigenvalue weighted by Gasteiger charge is 2.36. The molecule has 0 bridgehead atoms. The SMILES string of the molecule is CCC1CCC(C#N)(NC(=O)c2cc(Br)cc(Br)c2)CC1. The fourth-order valence-electron chi connectivity index (χ4n) is 2.82. The fourth-order valence-corrected chi connectivity index (χ4v) is 4.11. The second-order valence-corrected chi connectivity index (χ2v) is 7.49. The van der Waals surface area contributed by atoms with E-state index in [0.717, 1.165) is 41.0 Å². The van der Waals surface area contributed by atoms with Crippen molar-refractivity contribution < 1.29 is 4.79 Å². The first kappa shape index (κ1) is 16.5. The molecule has 1 aromatic rings. The number of carbonyl (C=O) groups excluding carboxylic acids is 1.